The second kappa shape index (κ2) is 9.01. The summed E-state index contributed by atoms with van der Waals surface area (Å²) >= 11 is 1.34. The number of ether oxygens (including phenoxy) is 1. The number of anilines is 1. The van der Waals surface area contributed by atoms with Crippen molar-refractivity contribution in [2.45, 2.75) is 40.2 Å². The van der Waals surface area contributed by atoms with Gasteiger partial charge in [-0.2, -0.15) is 0 Å². The largest absolute Gasteiger partial charge is 0.449 e. The van der Waals surface area contributed by atoms with Crippen LogP contribution in [0.25, 0.3) is 11.3 Å². The summed E-state index contributed by atoms with van der Waals surface area (Å²) in [5.74, 6) is -0.921. The fourth-order valence-corrected chi connectivity index (χ4v) is 3.55. The number of nitrogens with zero attached hydrogens (tertiary/aromatic N) is 1. The van der Waals surface area contributed by atoms with Crippen molar-refractivity contribution < 1.29 is 14.3 Å². The lowest BCUT2D eigenvalue weighted by atomic mass is 10.0. The van der Waals surface area contributed by atoms with Gasteiger partial charge in [0, 0.05) is 10.9 Å². The van der Waals surface area contributed by atoms with Crippen LogP contribution in [-0.4, -0.2) is 23.0 Å². The van der Waals surface area contributed by atoms with E-state index in [4.69, 9.17) is 4.74 Å². The molecule has 3 rings (SSSR count). The monoisotopic (exact) mass is 408 g/mol. The Morgan fingerprint density at radius 3 is 2.55 bits per heavy atom. The van der Waals surface area contributed by atoms with E-state index in [0.717, 1.165) is 28.8 Å². The Bertz CT molecular complexity index is 1020. The summed E-state index contributed by atoms with van der Waals surface area (Å²) in [5.41, 5.74) is 5.37. The predicted molar refractivity (Wildman–Crippen MR) is 116 cm³/mol. The van der Waals surface area contributed by atoms with Gasteiger partial charge in [0.05, 0.1) is 11.3 Å². The maximum absolute atomic E-state index is 12.4. The van der Waals surface area contributed by atoms with E-state index in [2.05, 4.69) is 29.4 Å². The highest BCUT2D eigenvalue weighted by atomic mass is 32.1. The van der Waals surface area contributed by atoms with Crippen molar-refractivity contribution in [1.29, 1.82) is 0 Å². The number of aromatic nitrogens is 1. The van der Waals surface area contributed by atoms with Crippen molar-refractivity contribution in [3.05, 3.63) is 70.1 Å². The third-order valence-corrected chi connectivity index (χ3v) is 5.63. The molecule has 1 heterocycles. The lowest BCUT2D eigenvalue weighted by Crippen LogP contribution is -2.30. The zero-order valence-electron chi connectivity index (χ0n) is 17.0. The van der Waals surface area contributed by atoms with Crippen molar-refractivity contribution in [3.63, 3.8) is 0 Å². The van der Waals surface area contributed by atoms with Gasteiger partial charge < -0.3 is 4.74 Å². The summed E-state index contributed by atoms with van der Waals surface area (Å²) in [6.07, 6.45) is 0.0516. The summed E-state index contributed by atoms with van der Waals surface area (Å²) < 4.78 is 5.35. The Morgan fingerprint density at radius 1 is 1.14 bits per heavy atom. The number of benzene rings is 2. The molecule has 0 radical (unpaired) electrons. The van der Waals surface area contributed by atoms with E-state index in [1.165, 1.54) is 16.9 Å². The highest BCUT2D eigenvalue weighted by Crippen LogP contribution is 2.25. The number of amides is 1. The van der Waals surface area contributed by atoms with Crippen molar-refractivity contribution >= 4 is 28.3 Å². The van der Waals surface area contributed by atoms with E-state index >= 15 is 0 Å². The van der Waals surface area contributed by atoms with Crippen LogP contribution in [0.2, 0.25) is 0 Å². The molecule has 0 aliphatic heterocycles. The number of aryl methyl sites for hydroxylation is 2. The first-order chi connectivity index (χ1) is 13.9. The van der Waals surface area contributed by atoms with Gasteiger partial charge in [0.25, 0.3) is 5.91 Å². The van der Waals surface area contributed by atoms with Crippen LogP contribution in [0.3, 0.4) is 0 Å². The number of carbonyl (C=O) groups excluding carboxylic acids is 2. The van der Waals surface area contributed by atoms with Gasteiger partial charge in [0.15, 0.2) is 11.2 Å². The molecule has 3 aromatic rings. The average Bonchev–Trinajstić information content (AvgIpc) is 3.18. The molecule has 6 heteroatoms. The van der Waals surface area contributed by atoms with Crippen LogP contribution < -0.4 is 5.32 Å². The molecular weight excluding hydrogens is 384 g/mol. The number of hydrogen-bond acceptors (Lipinski definition) is 5. The van der Waals surface area contributed by atoms with Crippen LogP contribution in [0.4, 0.5) is 5.13 Å². The minimum atomic E-state index is -0.932. The lowest BCUT2D eigenvalue weighted by Gasteiger charge is -2.14. The Kier molecular flexibility index (Phi) is 6.44. The van der Waals surface area contributed by atoms with Crippen LogP contribution in [0, 0.1) is 13.8 Å². The Hall–Kier alpha value is -2.99. The molecule has 5 nitrogen and oxygen atoms in total. The summed E-state index contributed by atoms with van der Waals surface area (Å²) in [5, 5.41) is 5.09. The first-order valence-electron chi connectivity index (χ1n) is 9.52. The zero-order chi connectivity index (χ0) is 21.0. The Balaban J connectivity index is 1.63. The van der Waals surface area contributed by atoms with E-state index in [9.17, 15) is 9.59 Å². The van der Waals surface area contributed by atoms with Crippen molar-refractivity contribution in [3.8, 4) is 11.3 Å². The molecule has 1 N–H and O–H groups in total. The molecule has 1 atom stereocenters. The third-order valence-electron chi connectivity index (χ3n) is 4.87. The van der Waals surface area contributed by atoms with Gasteiger partial charge in [0.1, 0.15) is 0 Å². The van der Waals surface area contributed by atoms with Gasteiger partial charge in [-0.1, -0.05) is 43.3 Å². The predicted octanol–water partition coefficient (Wildman–Crippen LogP) is 5.17. The first kappa shape index (κ1) is 20.7. The summed E-state index contributed by atoms with van der Waals surface area (Å²) in [6.45, 7) is 7.45. The van der Waals surface area contributed by atoms with Crippen LogP contribution in [0.15, 0.2) is 47.8 Å². The molecule has 0 bridgehead atoms. The molecule has 150 valence electrons. The van der Waals surface area contributed by atoms with E-state index in [-0.39, 0.29) is 0 Å². The Morgan fingerprint density at radius 2 is 1.86 bits per heavy atom. The standard InChI is InChI=1S/C23H24N2O3S/c1-5-17-9-11-18(12-10-17)20-13-29-23(24-20)25-21(26)16(4)28-22(27)19-8-6-7-14(2)15(19)3/h6-13,16H,5H2,1-4H3,(H,24,25,26). The molecule has 1 amide bonds. The molecule has 29 heavy (non-hydrogen) atoms. The van der Waals surface area contributed by atoms with Crippen molar-refractivity contribution in [2.75, 3.05) is 5.32 Å². The number of rotatable bonds is 6. The number of carbonyl (C=O) groups is 2. The average molecular weight is 409 g/mol. The van der Waals surface area contributed by atoms with Gasteiger partial charge in [0.2, 0.25) is 0 Å². The van der Waals surface area contributed by atoms with Gasteiger partial charge in [-0.25, -0.2) is 9.78 Å². The lowest BCUT2D eigenvalue weighted by molar-refractivity contribution is -0.123. The highest BCUT2D eigenvalue weighted by molar-refractivity contribution is 7.14. The zero-order valence-corrected chi connectivity index (χ0v) is 17.8. The first-order valence-corrected chi connectivity index (χ1v) is 10.4. The SMILES string of the molecule is CCc1ccc(-c2csc(NC(=O)C(C)OC(=O)c3cccc(C)c3C)n2)cc1. The fourth-order valence-electron chi connectivity index (χ4n) is 2.83. The van der Waals surface area contributed by atoms with Crippen LogP contribution in [-0.2, 0) is 16.0 Å². The van der Waals surface area contributed by atoms with Gasteiger partial charge in [-0.05, 0) is 49.9 Å². The second-order valence-corrected chi connectivity index (χ2v) is 7.73. The minimum Gasteiger partial charge on any atom is -0.449 e. The van der Waals surface area contributed by atoms with E-state index < -0.39 is 18.0 Å². The van der Waals surface area contributed by atoms with Crippen LogP contribution >= 0.6 is 11.3 Å². The van der Waals surface area contributed by atoms with E-state index in [1.807, 2.05) is 37.4 Å². The van der Waals surface area contributed by atoms with Crippen molar-refractivity contribution in [1.82, 2.24) is 4.98 Å². The molecular formula is C23H24N2O3S. The quantitative estimate of drug-likeness (QED) is 0.571. The van der Waals surface area contributed by atoms with Crippen LogP contribution in [0.5, 0.6) is 0 Å². The molecule has 0 aliphatic carbocycles. The number of nitrogens with one attached hydrogen (secondary N) is 1. The number of hydrogen-bond donors (Lipinski definition) is 1. The summed E-state index contributed by atoms with van der Waals surface area (Å²) in [7, 11) is 0. The van der Waals surface area contributed by atoms with E-state index in [1.54, 1.807) is 19.1 Å². The molecule has 0 saturated heterocycles. The Labute approximate surface area is 174 Å². The molecule has 2 aromatic carbocycles. The van der Waals surface area contributed by atoms with Crippen molar-refractivity contribution in [2.24, 2.45) is 0 Å². The highest BCUT2D eigenvalue weighted by Gasteiger charge is 2.21. The molecule has 1 unspecified atom stereocenters. The topological polar surface area (TPSA) is 68.3 Å². The fraction of sp³-hybridized carbons (Fsp3) is 0.261. The maximum atomic E-state index is 12.4. The van der Waals surface area contributed by atoms with Gasteiger partial charge >= 0.3 is 5.97 Å². The second-order valence-electron chi connectivity index (χ2n) is 6.87. The normalized spacial score (nSPS) is 11.7. The summed E-state index contributed by atoms with van der Waals surface area (Å²) in [6, 6.07) is 13.6. The molecule has 0 saturated carbocycles. The van der Waals surface area contributed by atoms with Crippen LogP contribution in [0.1, 0.15) is 40.9 Å². The maximum Gasteiger partial charge on any atom is 0.339 e. The molecule has 0 fully saturated rings. The van der Waals surface area contributed by atoms with E-state index in [0.29, 0.717) is 10.7 Å². The molecule has 0 spiro atoms. The minimum absolute atomic E-state index is 0.411. The molecule has 1 aromatic heterocycles. The summed E-state index contributed by atoms with van der Waals surface area (Å²) in [4.78, 5) is 29.3. The van der Waals surface area contributed by atoms with Gasteiger partial charge in [-0.3, -0.25) is 10.1 Å². The number of thiazole rings is 1. The molecule has 0 aliphatic rings. The van der Waals surface area contributed by atoms with Gasteiger partial charge in [-0.15, -0.1) is 11.3 Å². The smallest absolute Gasteiger partial charge is 0.339 e. The number of esters is 1. The third kappa shape index (κ3) is 4.90.